The summed E-state index contributed by atoms with van der Waals surface area (Å²) < 4.78 is 32.2. The Morgan fingerprint density at radius 2 is 1.96 bits per heavy atom. The third-order valence-electron chi connectivity index (χ3n) is 5.20. The molecule has 7 heteroatoms. The zero-order valence-electron chi connectivity index (χ0n) is 16.3. The first-order valence-electron chi connectivity index (χ1n) is 9.55. The molecule has 0 saturated heterocycles. The van der Waals surface area contributed by atoms with Crippen LogP contribution in [0, 0.1) is 17.0 Å². The second kappa shape index (κ2) is 12.5. The Labute approximate surface area is 178 Å². The largest absolute Gasteiger partial charge is 0.382 e. The van der Waals surface area contributed by atoms with Crippen molar-refractivity contribution in [3.05, 3.63) is 35.4 Å². The second-order valence-electron chi connectivity index (χ2n) is 6.99. The van der Waals surface area contributed by atoms with Gasteiger partial charge in [-0.15, -0.1) is 24.0 Å². The average molecular weight is 495 g/mol. The van der Waals surface area contributed by atoms with Gasteiger partial charge in [-0.05, 0) is 49.7 Å². The number of halogens is 3. The number of guanidine groups is 1. The summed E-state index contributed by atoms with van der Waals surface area (Å²) in [5.41, 5.74) is 0.772. The number of aliphatic imine (C=N–C) groups is 1. The summed E-state index contributed by atoms with van der Waals surface area (Å²) in [4.78, 5) is 4.25. The molecule has 1 saturated carbocycles. The molecule has 0 spiro atoms. The molecule has 27 heavy (non-hydrogen) atoms. The summed E-state index contributed by atoms with van der Waals surface area (Å²) in [7, 11) is 1.73. The SMILES string of the molecule is CCOCCC1(CNC(=NC)NCCc2ccc(F)cc2F)CCCC1.I. The number of ether oxygens (including phenoxy) is 1. The van der Waals surface area contributed by atoms with Crippen LogP contribution in [0.5, 0.6) is 0 Å². The number of rotatable bonds is 9. The molecular weight excluding hydrogens is 463 g/mol. The van der Waals surface area contributed by atoms with Crippen molar-refractivity contribution in [3.8, 4) is 0 Å². The van der Waals surface area contributed by atoms with E-state index in [0.29, 0.717) is 18.5 Å². The van der Waals surface area contributed by atoms with Gasteiger partial charge < -0.3 is 15.4 Å². The smallest absolute Gasteiger partial charge is 0.191 e. The Morgan fingerprint density at radius 3 is 2.59 bits per heavy atom. The molecule has 0 heterocycles. The predicted molar refractivity (Wildman–Crippen MR) is 117 cm³/mol. The molecule has 0 amide bonds. The summed E-state index contributed by atoms with van der Waals surface area (Å²) in [5.74, 6) is -0.337. The molecule has 154 valence electrons. The number of hydrogen-bond donors (Lipinski definition) is 2. The fourth-order valence-electron chi connectivity index (χ4n) is 3.61. The third-order valence-corrected chi connectivity index (χ3v) is 5.20. The van der Waals surface area contributed by atoms with Crippen molar-refractivity contribution >= 4 is 29.9 Å². The van der Waals surface area contributed by atoms with E-state index in [1.807, 2.05) is 6.92 Å². The Morgan fingerprint density at radius 1 is 1.22 bits per heavy atom. The maximum absolute atomic E-state index is 13.7. The molecule has 0 aliphatic heterocycles. The quantitative estimate of drug-likeness (QED) is 0.233. The van der Waals surface area contributed by atoms with Crippen LogP contribution < -0.4 is 10.6 Å². The van der Waals surface area contributed by atoms with Crippen LogP contribution in [0.4, 0.5) is 8.78 Å². The molecule has 0 bridgehead atoms. The summed E-state index contributed by atoms with van der Waals surface area (Å²) in [5, 5.41) is 6.63. The lowest BCUT2D eigenvalue weighted by Crippen LogP contribution is -2.44. The molecule has 1 aliphatic rings. The lowest BCUT2D eigenvalue weighted by Gasteiger charge is -2.30. The van der Waals surface area contributed by atoms with E-state index in [4.69, 9.17) is 4.74 Å². The molecule has 2 rings (SSSR count). The van der Waals surface area contributed by atoms with Crippen LogP contribution in [-0.2, 0) is 11.2 Å². The van der Waals surface area contributed by atoms with Crippen molar-refractivity contribution in [1.29, 1.82) is 0 Å². The average Bonchev–Trinajstić information content (AvgIpc) is 3.09. The Hall–Kier alpha value is -0.960. The highest BCUT2D eigenvalue weighted by atomic mass is 127. The summed E-state index contributed by atoms with van der Waals surface area (Å²) in [6.45, 7) is 4.98. The summed E-state index contributed by atoms with van der Waals surface area (Å²) >= 11 is 0. The van der Waals surface area contributed by atoms with E-state index in [9.17, 15) is 8.78 Å². The van der Waals surface area contributed by atoms with Gasteiger partial charge in [0.15, 0.2) is 5.96 Å². The van der Waals surface area contributed by atoms with Crippen LogP contribution in [0.1, 0.15) is 44.6 Å². The number of benzene rings is 1. The molecule has 1 fully saturated rings. The molecule has 0 radical (unpaired) electrons. The fraction of sp³-hybridized carbons (Fsp3) is 0.650. The van der Waals surface area contributed by atoms with E-state index in [1.165, 1.54) is 37.8 Å². The van der Waals surface area contributed by atoms with Crippen molar-refractivity contribution in [2.24, 2.45) is 10.4 Å². The number of nitrogens with one attached hydrogen (secondary N) is 2. The van der Waals surface area contributed by atoms with Crippen molar-refractivity contribution in [1.82, 2.24) is 10.6 Å². The molecule has 0 aromatic heterocycles. The topological polar surface area (TPSA) is 45.6 Å². The van der Waals surface area contributed by atoms with Crippen LogP contribution in [0.15, 0.2) is 23.2 Å². The van der Waals surface area contributed by atoms with Crippen LogP contribution in [0.25, 0.3) is 0 Å². The minimum absolute atomic E-state index is 0. The van der Waals surface area contributed by atoms with Crippen LogP contribution >= 0.6 is 24.0 Å². The van der Waals surface area contributed by atoms with Gasteiger partial charge in [0.05, 0.1) is 0 Å². The van der Waals surface area contributed by atoms with Gasteiger partial charge in [-0.3, -0.25) is 4.99 Å². The maximum atomic E-state index is 13.7. The molecule has 4 nitrogen and oxygen atoms in total. The standard InChI is InChI=1S/C20H31F2N3O.HI/c1-3-26-13-11-20(9-4-5-10-20)15-25-19(23-2)24-12-8-16-6-7-17(21)14-18(16)22;/h6-7,14H,3-5,8-13,15H2,1-2H3,(H2,23,24,25);1H. The Balaban J connectivity index is 0.00000364. The Kier molecular flexibility index (Phi) is 11.1. The second-order valence-corrected chi connectivity index (χ2v) is 6.99. The van der Waals surface area contributed by atoms with Crippen LogP contribution in [-0.4, -0.2) is 39.3 Å². The molecule has 1 aromatic carbocycles. The fourth-order valence-corrected chi connectivity index (χ4v) is 3.61. The minimum atomic E-state index is -0.550. The highest BCUT2D eigenvalue weighted by Gasteiger charge is 2.33. The van der Waals surface area contributed by atoms with E-state index in [2.05, 4.69) is 15.6 Å². The first-order chi connectivity index (χ1) is 12.6. The van der Waals surface area contributed by atoms with Crippen LogP contribution in [0.3, 0.4) is 0 Å². The molecule has 2 N–H and O–H groups in total. The molecular formula is C20H32F2IN3O. The van der Waals surface area contributed by atoms with Crippen molar-refractivity contribution in [2.45, 2.75) is 45.4 Å². The summed E-state index contributed by atoms with van der Waals surface area (Å²) in [6.07, 6.45) is 6.50. The van der Waals surface area contributed by atoms with Gasteiger partial charge in [0.2, 0.25) is 0 Å². The van der Waals surface area contributed by atoms with Crippen molar-refractivity contribution < 1.29 is 13.5 Å². The van der Waals surface area contributed by atoms with Gasteiger partial charge in [0.1, 0.15) is 11.6 Å². The zero-order chi connectivity index (χ0) is 18.8. The van der Waals surface area contributed by atoms with Gasteiger partial charge in [0.25, 0.3) is 0 Å². The lowest BCUT2D eigenvalue weighted by molar-refractivity contribution is 0.105. The first kappa shape index (κ1) is 24.1. The first-order valence-corrected chi connectivity index (χ1v) is 9.55. The minimum Gasteiger partial charge on any atom is -0.382 e. The van der Waals surface area contributed by atoms with Gasteiger partial charge in [0, 0.05) is 39.4 Å². The van der Waals surface area contributed by atoms with Gasteiger partial charge in [-0.2, -0.15) is 0 Å². The van der Waals surface area contributed by atoms with Gasteiger partial charge in [-0.1, -0.05) is 18.9 Å². The molecule has 0 unspecified atom stereocenters. The monoisotopic (exact) mass is 495 g/mol. The van der Waals surface area contributed by atoms with E-state index < -0.39 is 11.6 Å². The van der Waals surface area contributed by atoms with E-state index in [1.54, 1.807) is 7.05 Å². The number of hydrogen-bond acceptors (Lipinski definition) is 2. The van der Waals surface area contributed by atoms with E-state index in [0.717, 1.165) is 38.2 Å². The molecule has 1 aliphatic carbocycles. The lowest BCUT2D eigenvalue weighted by atomic mass is 9.83. The van der Waals surface area contributed by atoms with Crippen molar-refractivity contribution in [2.75, 3.05) is 33.4 Å². The van der Waals surface area contributed by atoms with E-state index >= 15 is 0 Å². The predicted octanol–water partition coefficient (Wildman–Crippen LogP) is 4.28. The maximum Gasteiger partial charge on any atom is 0.191 e. The highest BCUT2D eigenvalue weighted by Crippen LogP contribution is 2.40. The normalized spacial score (nSPS) is 16.1. The Bertz CT molecular complexity index is 593. The summed E-state index contributed by atoms with van der Waals surface area (Å²) in [6, 6.07) is 3.70. The highest BCUT2D eigenvalue weighted by molar-refractivity contribution is 14.0. The van der Waals surface area contributed by atoms with E-state index in [-0.39, 0.29) is 29.4 Å². The molecule has 1 aromatic rings. The van der Waals surface area contributed by atoms with Gasteiger partial charge in [-0.25, -0.2) is 8.78 Å². The molecule has 0 atom stereocenters. The van der Waals surface area contributed by atoms with Gasteiger partial charge >= 0.3 is 0 Å². The van der Waals surface area contributed by atoms with Crippen molar-refractivity contribution in [3.63, 3.8) is 0 Å². The van der Waals surface area contributed by atoms with Crippen LogP contribution in [0.2, 0.25) is 0 Å². The zero-order valence-corrected chi connectivity index (χ0v) is 18.7. The third kappa shape index (κ3) is 7.89. The number of nitrogens with zero attached hydrogens (tertiary/aromatic N) is 1.